The number of aliphatic hydroxyl groups is 2. The van der Waals surface area contributed by atoms with E-state index in [0.29, 0.717) is 28.8 Å². The molecular formula is C37H49NO6. The second-order valence-electron chi connectivity index (χ2n) is 14.4. The van der Waals surface area contributed by atoms with Crippen molar-refractivity contribution in [1.29, 1.82) is 0 Å². The Balaban J connectivity index is 1.20. The number of aliphatic hydroxyl groups excluding tert-OH is 2. The Hall–Kier alpha value is -2.61. The maximum atomic E-state index is 12.6. The van der Waals surface area contributed by atoms with Crippen LogP contribution < -0.4 is 0 Å². The third-order valence-electron chi connectivity index (χ3n) is 12.2. The molecule has 2 saturated carbocycles. The fourth-order valence-corrected chi connectivity index (χ4v) is 10.2. The summed E-state index contributed by atoms with van der Waals surface area (Å²) in [5, 5.41) is 22.0. The van der Waals surface area contributed by atoms with Crippen LogP contribution in [-0.4, -0.2) is 59.5 Å². The average molecular weight is 604 g/mol. The summed E-state index contributed by atoms with van der Waals surface area (Å²) < 4.78 is 17.8. The molecule has 0 radical (unpaired) electrons. The van der Waals surface area contributed by atoms with Crippen LogP contribution in [0, 0.1) is 29.1 Å². The molecule has 2 aliphatic carbocycles. The van der Waals surface area contributed by atoms with Gasteiger partial charge in [-0.2, -0.15) is 0 Å². The van der Waals surface area contributed by atoms with E-state index in [9.17, 15) is 15.0 Å². The van der Waals surface area contributed by atoms with Crippen LogP contribution in [0.4, 0.5) is 0 Å². The molecule has 7 atom stereocenters. The van der Waals surface area contributed by atoms with Gasteiger partial charge in [0.05, 0.1) is 19.8 Å². The summed E-state index contributed by atoms with van der Waals surface area (Å²) in [4.78, 5) is 15.2. The van der Waals surface area contributed by atoms with Crippen molar-refractivity contribution in [2.24, 2.45) is 29.1 Å². The third-order valence-corrected chi connectivity index (χ3v) is 12.2. The first-order valence-corrected chi connectivity index (χ1v) is 17.1. The number of allylic oxidation sites excluding steroid dienone is 1. The van der Waals surface area contributed by atoms with Gasteiger partial charge in [0.15, 0.2) is 11.5 Å². The Kier molecular flexibility index (Phi) is 8.40. The summed E-state index contributed by atoms with van der Waals surface area (Å²) in [6, 6.07) is 11.1. The first-order chi connectivity index (χ1) is 21.4. The molecule has 1 aromatic carbocycles. The van der Waals surface area contributed by atoms with Crippen molar-refractivity contribution >= 4 is 5.97 Å². The van der Waals surface area contributed by atoms with E-state index >= 15 is 0 Å². The van der Waals surface area contributed by atoms with Crippen LogP contribution in [0.3, 0.4) is 0 Å². The average Bonchev–Trinajstić information content (AvgIpc) is 3.78. The Bertz CT molecular complexity index is 1320. The highest BCUT2D eigenvalue weighted by Gasteiger charge is 2.52. The SMILES string of the molecule is COC1=C(CO)C(=O)OC1=C1OC2=CCCN3[C@H](C[C@H](Cc4ccccc4)C[C@H]3[C@@H](O)C[C@H]3CCCC34CCCC4)[C@@H]2[C@H]1C. The van der Waals surface area contributed by atoms with Gasteiger partial charge in [0.25, 0.3) is 0 Å². The Morgan fingerprint density at radius 1 is 1.09 bits per heavy atom. The highest BCUT2D eigenvalue weighted by atomic mass is 16.6. The van der Waals surface area contributed by atoms with Gasteiger partial charge in [0, 0.05) is 30.5 Å². The Morgan fingerprint density at radius 2 is 1.86 bits per heavy atom. The van der Waals surface area contributed by atoms with E-state index in [0.717, 1.165) is 44.4 Å². The van der Waals surface area contributed by atoms with E-state index in [-0.39, 0.29) is 41.4 Å². The number of cyclic esters (lactones) is 1. The molecule has 0 unspecified atom stereocenters. The first-order valence-electron chi connectivity index (χ1n) is 17.1. The van der Waals surface area contributed by atoms with Gasteiger partial charge >= 0.3 is 5.97 Å². The highest BCUT2D eigenvalue weighted by molar-refractivity contribution is 5.94. The van der Waals surface area contributed by atoms with Gasteiger partial charge in [-0.15, -0.1) is 0 Å². The number of fused-ring (bicyclic) bond motifs is 3. The number of carbonyl (C=O) groups excluding carboxylic acids is 1. The quantitative estimate of drug-likeness (QED) is 0.369. The molecule has 2 saturated heterocycles. The number of esters is 1. The minimum atomic E-state index is -0.582. The van der Waals surface area contributed by atoms with Crippen molar-refractivity contribution in [3.63, 3.8) is 0 Å². The number of nitrogens with zero attached hydrogens (tertiary/aromatic N) is 1. The monoisotopic (exact) mass is 603 g/mol. The molecule has 0 amide bonds. The summed E-state index contributed by atoms with van der Waals surface area (Å²) in [5.74, 6) is 2.63. The number of carbonyl (C=O) groups is 1. The van der Waals surface area contributed by atoms with Gasteiger partial charge in [0.2, 0.25) is 5.76 Å². The van der Waals surface area contributed by atoms with Crippen molar-refractivity contribution in [2.75, 3.05) is 20.3 Å². The van der Waals surface area contributed by atoms with Crippen LogP contribution in [0.15, 0.2) is 65.0 Å². The van der Waals surface area contributed by atoms with Gasteiger partial charge in [-0.1, -0.05) is 56.5 Å². The Morgan fingerprint density at radius 3 is 2.61 bits per heavy atom. The maximum absolute atomic E-state index is 12.6. The van der Waals surface area contributed by atoms with E-state index < -0.39 is 12.6 Å². The fraction of sp³-hybridized carbons (Fsp3) is 0.649. The van der Waals surface area contributed by atoms with Crippen LogP contribution in [0.25, 0.3) is 0 Å². The van der Waals surface area contributed by atoms with Gasteiger partial charge in [-0.3, -0.25) is 4.90 Å². The molecule has 4 aliphatic heterocycles. The lowest BCUT2D eigenvalue weighted by atomic mass is 9.70. The van der Waals surface area contributed by atoms with Crippen LogP contribution in [0.5, 0.6) is 0 Å². The predicted octanol–water partition coefficient (Wildman–Crippen LogP) is 6.02. The summed E-state index contributed by atoms with van der Waals surface area (Å²) in [6.07, 6.45) is 16.0. The van der Waals surface area contributed by atoms with Gasteiger partial charge in [0.1, 0.15) is 11.3 Å². The summed E-state index contributed by atoms with van der Waals surface area (Å²) in [7, 11) is 1.49. The molecule has 6 aliphatic rings. The predicted molar refractivity (Wildman–Crippen MR) is 167 cm³/mol. The van der Waals surface area contributed by atoms with Crippen molar-refractivity contribution in [3.05, 3.63) is 70.6 Å². The first kappa shape index (κ1) is 30.1. The lowest BCUT2D eigenvalue weighted by Crippen LogP contribution is -2.57. The largest absolute Gasteiger partial charge is 0.492 e. The summed E-state index contributed by atoms with van der Waals surface area (Å²) in [6.45, 7) is 2.62. The van der Waals surface area contributed by atoms with E-state index in [4.69, 9.17) is 14.2 Å². The molecule has 7 heteroatoms. The summed E-state index contributed by atoms with van der Waals surface area (Å²) >= 11 is 0. The number of ether oxygens (including phenoxy) is 3. The van der Waals surface area contributed by atoms with Crippen LogP contribution in [0.2, 0.25) is 0 Å². The van der Waals surface area contributed by atoms with Crippen LogP contribution in [-0.2, 0) is 25.4 Å². The van der Waals surface area contributed by atoms with Crippen molar-refractivity contribution < 1.29 is 29.2 Å². The zero-order valence-corrected chi connectivity index (χ0v) is 26.4. The highest BCUT2D eigenvalue weighted by Crippen LogP contribution is 2.56. The molecule has 7 rings (SSSR count). The zero-order valence-electron chi connectivity index (χ0n) is 26.4. The molecule has 4 fully saturated rings. The molecule has 4 heterocycles. The van der Waals surface area contributed by atoms with Crippen molar-refractivity contribution in [1.82, 2.24) is 4.90 Å². The number of hydrogen-bond donors (Lipinski definition) is 2. The molecular weight excluding hydrogens is 554 g/mol. The normalized spacial score (nSPS) is 35.6. The van der Waals surface area contributed by atoms with E-state index in [2.05, 4.69) is 48.2 Å². The summed E-state index contributed by atoms with van der Waals surface area (Å²) in [5.41, 5.74) is 1.95. The van der Waals surface area contributed by atoms with Crippen LogP contribution >= 0.6 is 0 Å². The molecule has 0 aromatic heterocycles. The topological polar surface area (TPSA) is 88.5 Å². The third kappa shape index (κ3) is 5.23. The smallest absolute Gasteiger partial charge is 0.345 e. The second kappa shape index (κ2) is 12.3. The second-order valence-corrected chi connectivity index (χ2v) is 14.4. The molecule has 1 spiro atoms. The van der Waals surface area contributed by atoms with E-state index in [1.165, 1.54) is 57.6 Å². The minimum absolute atomic E-state index is 0.0531. The molecule has 2 N–H and O–H groups in total. The van der Waals surface area contributed by atoms with Crippen LogP contribution in [0.1, 0.15) is 83.1 Å². The molecule has 44 heavy (non-hydrogen) atoms. The van der Waals surface area contributed by atoms with E-state index in [1.807, 2.05) is 0 Å². The lowest BCUT2D eigenvalue weighted by Gasteiger charge is -2.49. The number of hydrogen-bond acceptors (Lipinski definition) is 7. The van der Waals surface area contributed by atoms with Crippen molar-refractivity contribution in [3.8, 4) is 0 Å². The molecule has 1 aromatic rings. The molecule has 238 valence electrons. The van der Waals surface area contributed by atoms with Gasteiger partial charge in [-0.05, 0) is 86.7 Å². The fourth-order valence-electron chi connectivity index (χ4n) is 10.2. The van der Waals surface area contributed by atoms with Gasteiger partial charge < -0.3 is 24.4 Å². The standard InChI is InChI=1S/C37H49NO6/c1-23-32-29-20-25(18-24-10-4-3-5-11-24)19-28(30(40)21-26-12-8-16-37(26)14-6-7-15-37)38(29)17-9-13-31(32)43-33(23)35-34(42-2)27(22-39)36(41)44-35/h3-5,10-11,13,23,25-26,28-30,32,39-40H,6-9,12,14-22H2,1-2H3/t23-,25-,26-,28+,29-,30+,32+/m1/s1. The zero-order chi connectivity index (χ0) is 30.4. The number of methoxy groups -OCH3 is 1. The minimum Gasteiger partial charge on any atom is -0.492 e. The van der Waals surface area contributed by atoms with E-state index in [1.54, 1.807) is 0 Å². The van der Waals surface area contributed by atoms with Gasteiger partial charge in [-0.25, -0.2) is 4.79 Å². The van der Waals surface area contributed by atoms with Crippen molar-refractivity contribution in [2.45, 2.75) is 102 Å². The maximum Gasteiger partial charge on any atom is 0.345 e. The molecule has 7 nitrogen and oxygen atoms in total. The number of rotatable bonds is 7. The number of benzene rings is 1. The Labute approximate surface area is 261 Å². The molecule has 0 bridgehead atoms. The lowest BCUT2D eigenvalue weighted by molar-refractivity contribution is -0.133. The number of piperidine rings is 1.